The normalized spacial score (nSPS) is 24.7. The lowest BCUT2D eigenvalue weighted by atomic mass is 9.92. The second kappa shape index (κ2) is 6.34. The molecule has 0 saturated carbocycles. The molecule has 2 heterocycles. The standard InChI is InChI=1S/C14H25N3O/c1-4-17-10-15-9-13(17)14-12(6-5-7-18-14)8-16-11(2)3/h9-12,14,16H,4-8H2,1-3H3. The zero-order valence-electron chi connectivity index (χ0n) is 11.7. The van der Waals surface area contributed by atoms with Gasteiger partial charge in [-0.15, -0.1) is 0 Å². The fraction of sp³-hybridized carbons (Fsp3) is 0.786. The molecule has 0 bridgehead atoms. The maximum absolute atomic E-state index is 6.01. The van der Waals surface area contributed by atoms with Gasteiger partial charge in [0.25, 0.3) is 0 Å². The summed E-state index contributed by atoms with van der Waals surface area (Å²) in [5.74, 6) is 0.558. The number of imidazole rings is 1. The van der Waals surface area contributed by atoms with E-state index in [9.17, 15) is 0 Å². The molecule has 1 N–H and O–H groups in total. The molecule has 0 spiro atoms. The lowest BCUT2D eigenvalue weighted by molar-refractivity contribution is -0.0325. The van der Waals surface area contributed by atoms with Crippen molar-refractivity contribution in [2.24, 2.45) is 5.92 Å². The minimum Gasteiger partial charge on any atom is -0.372 e. The lowest BCUT2D eigenvalue weighted by Gasteiger charge is -2.32. The van der Waals surface area contributed by atoms with Crippen LogP contribution in [0.2, 0.25) is 0 Å². The van der Waals surface area contributed by atoms with E-state index in [2.05, 4.69) is 35.6 Å². The SMILES string of the molecule is CCn1cncc1C1OCCCC1CNC(C)C. The molecule has 0 aliphatic carbocycles. The molecule has 4 nitrogen and oxygen atoms in total. The first-order chi connectivity index (χ1) is 8.72. The predicted octanol–water partition coefficient (Wildman–Crippen LogP) is 2.37. The summed E-state index contributed by atoms with van der Waals surface area (Å²) in [6, 6.07) is 0.531. The fourth-order valence-electron chi connectivity index (χ4n) is 2.60. The predicted molar refractivity (Wildman–Crippen MR) is 72.5 cm³/mol. The van der Waals surface area contributed by atoms with E-state index in [1.165, 1.54) is 18.5 Å². The summed E-state index contributed by atoms with van der Waals surface area (Å²) in [5.41, 5.74) is 1.23. The van der Waals surface area contributed by atoms with Crippen molar-refractivity contribution in [1.82, 2.24) is 14.9 Å². The van der Waals surface area contributed by atoms with E-state index >= 15 is 0 Å². The molecule has 2 unspecified atom stereocenters. The molecule has 2 rings (SSSR count). The van der Waals surface area contributed by atoms with Crippen LogP contribution in [0, 0.1) is 5.92 Å². The molecule has 1 aliphatic heterocycles. The molecule has 0 amide bonds. The Morgan fingerprint density at radius 3 is 3.11 bits per heavy atom. The molecule has 1 aromatic rings. The number of rotatable bonds is 5. The van der Waals surface area contributed by atoms with Crippen molar-refractivity contribution >= 4 is 0 Å². The first kappa shape index (κ1) is 13.6. The molecule has 1 saturated heterocycles. The van der Waals surface area contributed by atoms with Crippen LogP contribution in [0.25, 0.3) is 0 Å². The van der Waals surface area contributed by atoms with Crippen molar-refractivity contribution in [2.75, 3.05) is 13.2 Å². The number of hydrogen-bond acceptors (Lipinski definition) is 3. The third-order valence-electron chi connectivity index (χ3n) is 3.61. The summed E-state index contributed by atoms with van der Waals surface area (Å²) in [4.78, 5) is 4.26. The third kappa shape index (κ3) is 3.12. The Morgan fingerprint density at radius 1 is 1.56 bits per heavy atom. The number of hydrogen-bond donors (Lipinski definition) is 1. The van der Waals surface area contributed by atoms with Gasteiger partial charge < -0.3 is 14.6 Å². The van der Waals surface area contributed by atoms with Gasteiger partial charge in [-0.25, -0.2) is 4.98 Å². The molecular weight excluding hydrogens is 226 g/mol. The van der Waals surface area contributed by atoms with Crippen LogP contribution in [-0.2, 0) is 11.3 Å². The Balaban J connectivity index is 2.07. The van der Waals surface area contributed by atoms with Crippen LogP contribution in [0.15, 0.2) is 12.5 Å². The number of nitrogens with one attached hydrogen (secondary N) is 1. The summed E-state index contributed by atoms with van der Waals surface area (Å²) in [6.45, 7) is 9.38. The molecule has 0 aromatic carbocycles. The highest BCUT2D eigenvalue weighted by molar-refractivity contribution is 5.06. The van der Waals surface area contributed by atoms with Gasteiger partial charge in [0, 0.05) is 31.7 Å². The summed E-state index contributed by atoms with van der Waals surface area (Å²) in [6.07, 6.45) is 6.47. The van der Waals surface area contributed by atoms with Gasteiger partial charge in [0.2, 0.25) is 0 Å². The monoisotopic (exact) mass is 251 g/mol. The van der Waals surface area contributed by atoms with Crippen LogP contribution in [0.4, 0.5) is 0 Å². The van der Waals surface area contributed by atoms with E-state index in [-0.39, 0.29) is 6.10 Å². The minimum absolute atomic E-state index is 0.201. The first-order valence-corrected chi connectivity index (χ1v) is 7.07. The fourth-order valence-corrected chi connectivity index (χ4v) is 2.60. The third-order valence-corrected chi connectivity index (χ3v) is 3.61. The molecule has 0 radical (unpaired) electrons. The first-order valence-electron chi connectivity index (χ1n) is 7.07. The number of aromatic nitrogens is 2. The van der Waals surface area contributed by atoms with Crippen molar-refractivity contribution in [3.8, 4) is 0 Å². The quantitative estimate of drug-likeness (QED) is 0.873. The van der Waals surface area contributed by atoms with Crippen molar-refractivity contribution in [2.45, 2.75) is 52.3 Å². The van der Waals surface area contributed by atoms with Crippen LogP contribution in [0.5, 0.6) is 0 Å². The van der Waals surface area contributed by atoms with Gasteiger partial charge in [0.15, 0.2) is 0 Å². The average molecular weight is 251 g/mol. The van der Waals surface area contributed by atoms with Crippen LogP contribution in [0.1, 0.15) is 45.4 Å². The Bertz CT molecular complexity index is 362. The van der Waals surface area contributed by atoms with E-state index < -0.39 is 0 Å². The van der Waals surface area contributed by atoms with Gasteiger partial charge in [-0.05, 0) is 19.8 Å². The second-order valence-corrected chi connectivity index (χ2v) is 5.36. The maximum Gasteiger partial charge on any atom is 0.103 e. The molecule has 18 heavy (non-hydrogen) atoms. The van der Waals surface area contributed by atoms with Crippen LogP contribution >= 0.6 is 0 Å². The van der Waals surface area contributed by atoms with E-state index in [0.29, 0.717) is 12.0 Å². The van der Waals surface area contributed by atoms with Crippen LogP contribution in [-0.4, -0.2) is 28.7 Å². The summed E-state index contributed by atoms with van der Waals surface area (Å²) >= 11 is 0. The van der Waals surface area contributed by atoms with Gasteiger partial charge in [0.05, 0.1) is 18.2 Å². The molecule has 2 atom stereocenters. The van der Waals surface area contributed by atoms with Crippen molar-refractivity contribution in [3.05, 3.63) is 18.2 Å². The molecular formula is C14H25N3O. The van der Waals surface area contributed by atoms with Crippen molar-refractivity contribution in [3.63, 3.8) is 0 Å². The highest BCUT2D eigenvalue weighted by Crippen LogP contribution is 2.33. The second-order valence-electron chi connectivity index (χ2n) is 5.36. The smallest absolute Gasteiger partial charge is 0.103 e. The number of aryl methyl sites for hydroxylation is 1. The molecule has 1 aliphatic rings. The van der Waals surface area contributed by atoms with Gasteiger partial charge >= 0.3 is 0 Å². The van der Waals surface area contributed by atoms with E-state index in [4.69, 9.17) is 4.74 Å². The molecule has 4 heteroatoms. The highest BCUT2D eigenvalue weighted by atomic mass is 16.5. The zero-order chi connectivity index (χ0) is 13.0. The molecule has 1 aromatic heterocycles. The lowest BCUT2D eigenvalue weighted by Crippen LogP contribution is -2.35. The summed E-state index contributed by atoms with van der Waals surface area (Å²) < 4.78 is 8.20. The minimum atomic E-state index is 0.201. The topological polar surface area (TPSA) is 39.1 Å². The molecule has 1 fully saturated rings. The largest absolute Gasteiger partial charge is 0.372 e. The summed E-state index contributed by atoms with van der Waals surface area (Å²) in [5, 5.41) is 3.53. The number of ether oxygens (including phenoxy) is 1. The van der Waals surface area contributed by atoms with E-state index in [0.717, 1.165) is 19.7 Å². The van der Waals surface area contributed by atoms with Crippen molar-refractivity contribution in [1.29, 1.82) is 0 Å². The Morgan fingerprint density at radius 2 is 2.39 bits per heavy atom. The van der Waals surface area contributed by atoms with Crippen LogP contribution < -0.4 is 5.32 Å². The zero-order valence-corrected chi connectivity index (χ0v) is 11.7. The Labute approximate surface area is 110 Å². The molecule has 102 valence electrons. The average Bonchev–Trinajstić information content (AvgIpc) is 2.84. The van der Waals surface area contributed by atoms with Gasteiger partial charge in [-0.2, -0.15) is 0 Å². The Hall–Kier alpha value is -0.870. The van der Waals surface area contributed by atoms with Gasteiger partial charge in [-0.3, -0.25) is 0 Å². The Kier molecular flexibility index (Phi) is 4.78. The van der Waals surface area contributed by atoms with Gasteiger partial charge in [0.1, 0.15) is 6.10 Å². The van der Waals surface area contributed by atoms with E-state index in [1.54, 1.807) is 0 Å². The van der Waals surface area contributed by atoms with Gasteiger partial charge in [-0.1, -0.05) is 13.8 Å². The summed E-state index contributed by atoms with van der Waals surface area (Å²) in [7, 11) is 0. The van der Waals surface area contributed by atoms with Crippen LogP contribution in [0.3, 0.4) is 0 Å². The number of nitrogens with zero attached hydrogens (tertiary/aromatic N) is 2. The van der Waals surface area contributed by atoms with E-state index in [1.807, 2.05) is 12.5 Å². The van der Waals surface area contributed by atoms with Crippen molar-refractivity contribution < 1.29 is 4.74 Å². The maximum atomic E-state index is 6.01. The highest BCUT2D eigenvalue weighted by Gasteiger charge is 2.29.